The van der Waals surface area contributed by atoms with Crippen molar-refractivity contribution in [3.63, 3.8) is 0 Å². The molecule has 0 bridgehead atoms. The minimum absolute atomic E-state index is 0.211. The van der Waals surface area contributed by atoms with E-state index in [1.54, 1.807) is 66.9 Å². The molecule has 0 aliphatic rings. The fourth-order valence-electron chi connectivity index (χ4n) is 3.09. The number of rotatable bonds is 8. The van der Waals surface area contributed by atoms with Crippen LogP contribution in [0.4, 0.5) is 0 Å². The Morgan fingerprint density at radius 2 is 1.83 bits per heavy atom. The van der Waals surface area contributed by atoms with Crippen molar-refractivity contribution in [3.05, 3.63) is 80.8 Å². The first-order valence-corrected chi connectivity index (χ1v) is 12.1. The minimum atomic E-state index is -1.26. The van der Waals surface area contributed by atoms with Crippen LogP contribution in [0.2, 0.25) is 5.02 Å². The molecule has 188 valence electrons. The fraction of sp³-hybridized carbons (Fsp3) is 0.269. The molecule has 3 aromatic rings. The van der Waals surface area contributed by atoms with Crippen LogP contribution in [0.3, 0.4) is 0 Å². The first-order valence-electron chi connectivity index (χ1n) is 10.9. The summed E-state index contributed by atoms with van der Waals surface area (Å²) >= 11 is 9.32. The van der Waals surface area contributed by atoms with Gasteiger partial charge in [0.25, 0.3) is 5.91 Å². The summed E-state index contributed by atoms with van der Waals surface area (Å²) in [6.45, 7) is 3.86. The summed E-state index contributed by atoms with van der Waals surface area (Å²) in [5.74, 6) is 5.30. The quantitative estimate of drug-likeness (QED) is 0.309. The van der Waals surface area contributed by atoms with Gasteiger partial charge in [-0.05, 0) is 77.7 Å². The van der Waals surface area contributed by atoms with Crippen LogP contribution in [0, 0.1) is 11.8 Å². The van der Waals surface area contributed by atoms with Crippen LogP contribution in [-0.4, -0.2) is 45.9 Å². The second-order valence-corrected chi connectivity index (χ2v) is 9.36. The van der Waals surface area contributed by atoms with Gasteiger partial charge in [0.15, 0.2) is 4.73 Å². The number of nitrogens with one attached hydrogen (secondary N) is 1. The second-order valence-electron chi connectivity index (χ2n) is 8.21. The smallest absolute Gasteiger partial charge is 0.337 e. The molecule has 2 aromatic carbocycles. The zero-order chi connectivity index (χ0) is 26.3. The van der Waals surface area contributed by atoms with Crippen molar-refractivity contribution in [1.29, 1.82) is 0 Å². The van der Waals surface area contributed by atoms with Gasteiger partial charge in [0.05, 0.1) is 19.2 Å². The molecule has 0 radical (unpaired) electrons. The Bertz CT molecular complexity index is 1290. The number of carbonyl (C=O) groups excluding carboxylic acids is 2. The second kappa shape index (κ2) is 12.1. The summed E-state index contributed by atoms with van der Waals surface area (Å²) < 4.78 is 12.5. The standard InChI is InChI=1S/C26H25BrClN3O5/c1-26(2,34)13-12-21-22(23(32)29-16-17-4-6-18(7-5-17)24(33)35-3)31(25(27)30-21)14-15-36-20-10-8-19(28)9-11-20/h4-11,34H,14-16H2,1-3H3,(H,29,32). The van der Waals surface area contributed by atoms with Crippen LogP contribution < -0.4 is 10.1 Å². The summed E-state index contributed by atoms with van der Waals surface area (Å²) in [6, 6.07) is 13.7. The third-order valence-corrected chi connectivity index (χ3v) is 5.71. The molecule has 0 saturated carbocycles. The maximum Gasteiger partial charge on any atom is 0.337 e. The van der Waals surface area contributed by atoms with E-state index in [9.17, 15) is 14.7 Å². The molecule has 36 heavy (non-hydrogen) atoms. The number of hydrogen-bond donors (Lipinski definition) is 2. The molecule has 0 fully saturated rings. The zero-order valence-corrected chi connectivity index (χ0v) is 22.3. The molecule has 0 atom stereocenters. The molecule has 0 aliphatic heterocycles. The van der Waals surface area contributed by atoms with Crippen LogP contribution in [0.25, 0.3) is 0 Å². The number of aliphatic hydroxyl groups is 1. The van der Waals surface area contributed by atoms with Crippen molar-refractivity contribution >= 4 is 39.4 Å². The summed E-state index contributed by atoms with van der Waals surface area (Å²) in [4.78, 5) is 29.2. The van der Waals surface area contributed by atoms with Crippen molar-refractivity contribution in [2.24, 2.45) is 0 Å². The van der Waals surface area contributed by atoms with E-state index in [1.165, 1.54) is 7.11 Å². The molecular formula is C26H25BrClN3O5. The average molecular weight is 575 g/mol. The van der Waals surface area contributed by atoms with E-state index in [-0.39, 0.29) is 24.5 Å². The highest BCUT2D eigenvalue weighted by Gasteiger charge is 2.22. The Hall–Kier alpha value is -3.32. The van der Waals surface area contributed by atoms with Crippen LogP contribution in [0.1, 0.15) is 46.0 Å². The lowest BCUT2D eigenvalue weighted by molar-refractivity contribution is 0.0600. The molecular weight excluding hydrogens is 550 g/mol. The summed E-state index contributed by atoms with van der Waals surface area (Å²) in [6.07, 6.45) is 0. The monoisotopic (exact) mass is 573 g/mol. The Morgan fingerprint density at radius 3 is 2.44 bits per heavy atom. The molecule has 10 heteroatoms. The third kappa shape index (κ3) is 7.59. The number of esters is 1. The number of methoxy groups -OCH3 is 1. The zero-order valence-electron chi connectivity index (χ0n) is 20.0. The number of ether oxygens (including phenoxy) is 2. The highest BCUT2D eigenvalue weighted by molar-refractivity contribution is 9.10. The average Bonchev–Trinajstić information content (AvgIpc) is 3.17. The first kappa shape index (κ1) is 27.3. The van der Waals surface area contributed by atoms with Gasteiger partial charge in [0, 0.05) is 11.6 Å². The summed E-state index contributed by atoms with van der Waals surface area (Å²) in [5.41, 5.74) is 0.387. The van der Waals surface area contributed by atoms with Crippen molar-refractivity contribution in [2.45, 2.75) is 32.5 Å². The lowest BCUT2D eigenvalue weighted by Crippen LogP contribution is -2.27. The predicted octanol–water partition coefficient (Wildman–Crippen LogP) is 4.22. The minimum Gasteiger partial charge on any atom is -0.492 e. The first-order chi connectivity index (χ1) is 17.1. The summed E-state index contributed by atoms with van der Waals surface area (Å²) in [7, 11) is 1.32. The number of imidazole rings is 1. The topological polar surface area (TPSA) is 103 Å². The third-order valence-electron chi connectivity index (χ3n) is 4.85. The number of amides is 1. The Kier molecular flexibility index (Phi) is 9.15. The van der Waals surface area contributed by atoms with Gasteiger partial charge < -0.3 is 24.5 Å². The van der Waals surface area contributed by atoms with Crippen LogP contribution >= 0.6 is 27.5 Å². The number of nitrogens with zero attached hydrogens (tertiary/aromatic N) is 2. The van der Waals surface area contributed by atoms with Crippen molar-refractivity contribution in [3.8, 4) is 17.6 Å². The highest BCUT2D eigenvalue weighted by atomic mass is 79.9. The van der Waals surface area contributed by atoms with Gasteiger partial charge in [0.2, 0.25) is 0 Å². The van der Waals surface area contributed by atoms with Gasteiger partial charge >= 0.3 is 5.97 Å². The molecule has 2 N–H and O–H groups in total. The SMILES string of the molecule is COC(=O)c1ccc(CNC(=O)c2c(C#CC(C)(C)O)nc(Br)n2CCOc2ccc(Cl)cc2)cc1. The van der Waals surface area contributed by atoms with E-state index in [0.717, 1.165) is 5.56 Å². The van der Waals surface area contributed by atoms with Gasteiger partial charge in [-0.2, -0.15) is 0 Å². The highest BCUT2D eigenvalue weighted by Crippen LogP contribution is 2.19. The molecule has 0 aliphatic carbocycles. The normalized spacial score (nSPS) is 10.8. The van der Waals surface area contributed by atoms with Gasteiger partial charge in [0.1, 0.15) is 29.3 Å². The molecule has 8 nitrogen and oxygen atoms in total. The number of halogens is 2. The maximum atomic E-state index is 13.2. The van der Waals surface area contributed by atoms with E-state index in [2.05, 4.69) is 38.1 Å². The largest absolute Gasteiger partial charge is 0.492 e. The fourth-order valence-corrected chi connectivity index (χ4v) is 3.75. The van der Waals surface area contributed by atoms with E-state index >= 15 is 0 Å². The molecule has 1 heterocycles. The number of carbonyl (C=O) groups is 2. The van der Waals surface area contributed by atoms with E-state index in [0.29, 0.717) is 27.6 Å². The van der Waals surface area contributed by atoms with Gasteiger partial charge in [-0.1, -0.05) is 29.7 Å². The van der Waals surface area contributed by atoms with Crippen LogP contribution in [0.15, 0.2) is 53.3 Å². The summed E-state index contributed by atoms with van der Waals surface area (Å²) in [5, 5.41) is 13.5. The van der Waals surface area contributed by atoms with Crippen LogP contribution in [0.5, 0.6) is 5.75 Å². The molecule has 0 unspecified atom stereocenters. The molecule has 1 aromatic heterocycles. The lowest BCUT2D eigenvalue weighted by atomic mass is 10.1. The maximum absolute atomic E-state index is 13.2. The Labute approximate surface area is 222 Å². The molecule has 0 spiro atoms. The van der Waals surface area contributed by atoms with E-state index in [4.69, 9.17) is 21.1 Å². The predicted molar refractivity (Wildman–Crippen MR) is 139 cm³/mol. The number of aromatic nitrogens is 2. The van der Waals surface area contributed by atoms with Crippen molar-refractivity contribution < 1.29 is 24.2 Å². The molecule has 3 rings (SSSR count). The molecule has 1 amide bonds. The van der Waals surface area contributed by atoms with Gasteiger partial charge in [-0.15, -0.1) is 0 Å². The van der Waals surface area contributed by atoms with Gasteiger partial charge in [-0.3, -0.25) is 4.79 Å². The number of benzene rings is 2. The van der Waals surface area contributed by atoms with Crippen molar-refractivity contribution in [2.75, 3.05) is 13.7 Å². The van der Waals surface area contributed by atoms with Crippen molar-refractivity contribution in [1.82, 2.24) is 14.9 Å². The molecule has 0 saturated heterocycles. The van der Waals surface area contributed by atoms with E-state index in [1.807, 2.05) is 0 Å². The van der Waals surface area contributed by atoms with Crippen LogP contribution in [-0.2, 0) is 17.8 Å². The van der Waals surface area contributed by atoms with E-state index < -0.39 is 17.5 Å². The Balaban J connectivity index is 1.79. The van der Waals surface area contributed by atoms with Gasteiger partial charge in [-0.25, -0.2) is 9.78 Å². The number of hydrogen-bond acceptors (Lipinski definition) is 6. The Morgan fingerprint density at radius 1 is 1.17 bits per heavy atom. The lowest BCUT2D eigenvalue weighted by Gasteiger charge is -2.12.